The van der Waals surface area contributed by atoms with Crippen LogP contribution >= 0.6 is 0 Å². The van der Waals surface area contributed by atoms with Crippen LogP contribution in [0.25, 0.3) is 67.3 Å². The zero-order valence-corrected chi connectivity index (χ0v) is 24.5. The molecular formula is C41H28N2O. The average Bonchev–Trinajstić information content (AvgIpc) is 3.17. The Balaban J connectivity index is 1.20. The molecule has 1 aliphatic heterocycles. The van der Waals surface area contributed by atoms with Gasteiger partial charge in [0.2, 0.25) is 0 Å². The number of hydrogen-bond donors (Lipinski definition) is 0. The molecule has 0 spiro atoms. The summed E-state index contributed by atoms with van der Waals surface area (Å²) in [6, 6.07) is 38.7. The lowest BCUT2D eigenvalue weighted by molar-refractivity contribution is 0.483. The second-order valence-corrected chi connectivity index (χ2v) is 12.3. The van der Waals surface area contributed by atoms with Crippen LogP contribution in [-0.2, 0) is 5.41 Å². The molecule has 7 aromatic rings. The number of ether oxygens (including phenoxy) is 1. The molecule has 5 aromatic carbocycles. The third-order valence-corrected chi connectivity index (χ3v) is 9.35. The molecule has 0 amide bonds. The van der Waals surface area contributed by atoms with E-state index in [-0.39, 0.29) is 5.41 Å². The summed E-state index contributed by atoms with van der Waals surface area (Å²) in [4.78, 5) is 9.75. The van der Waals surface area contributed by atoms with Crippen molar-refractivity contribution in [3.63, 3.8) is 0 Å². The summed E-state index contributed by atoms with van der Waals surface area (Å²) in [6.45, 7) is 4.62. The van der Waals surface area contributed by atoms with Gasteiger partial charge in [0.05, 0.1) is 11.0 Å². The van der Waals surface area contributed by atoms with Gasteiger partial charge in [-0.1, -0.05) is 105 Å². The van der Waals surface area contributed by atoms with Crippen molar-refractivity contribution in [2.75, 3.05) is 0 Å². The van der Waals surface area contributed by atoms with E-state index >= 15 is 0 Å². The maximum atomic E-state index is 6.87. The maximum absolute atomic E-state index is 6.87. The van der Waals surface area contributed by atoms with Gasteiger partial charge in [-0.3, -0.25) is 9.97 Å². The number of aromatic nitrogens is 2. The Morgan fingerprint density at radius 2 is 1.39 bits per heavy atom. The molecule has 0 saturated heterocycles. The highest BCUT2D eigenvalue weighted by Crippen LogP contribution is 2.52. The van der Waals surface area contributed by atoms with Gasteiger partial charge in [0.15, 0.2) is 0 Å². The van der Waals surface area contributed by atoms with Crippen LogP contribution in [0, 0.1) is 0 Å². The minimum absolute atomic E-state index is 0.0620. The lowest BCUT2D eigenvalue weighted by Crippen LogP contribution is -2.15. The Morgan fingerprint density at radius 1 is 0.568 bits per heavy atom. The van der Waals surface area contributed by atoms with Gasteiger partial charge in [-0.25, -0.2) is 0 Å². The maximum Gasteiger partial charge on any atom is 0.142 e. The monoisotopic (exact) mass is 564 g/mol. The van der Waals surface area contributed by atoms with Gasteiger partial charge in [-0.2, -0.15) is 0 Å². The minimum Gasteiger partial charge on any atom is -0.455 e. The molecule has 2 aliphatic rings. The zero-order valence-electron chi connectivity index (χ0n) is 24.5. The summed E-state index contributed by atoms with van der Waals surface area (Å²) in [7, 11) is 0. The Morgan fingerprint density at radius 3 is 2.30 bits per heavy atom. The Bertz CT molecular complexity index is 2330. The molecular weight excluding hydrogens is 536 g/mol. The Hall–Kier alpha value is -5.54. The van der Waals surface area contributed by atoms with E-state index in [4.69, 9.17) is 14.7 Å². The van der Waals surface area contributed by atoms with Crippen molar-refractivity contribution < 1.29 is 4.74 Å². The Kier molecular flexibility index (Phi) is 5.24. The van der Waals surface area contributed by atoms with E-state index in [0.29, 0.717) is 0 Å². The molecule has 0 saturated carbocycles. The number of fused-ring (bicyclic) bond motifs is 8. The summed E-state index contributed by atoms with van der Waals surface area (Å²) in [5, 5.41) is 2.15. The number of benzene rings is 5. The summed E-state index contributed by atoms with van der Waals surface area (Å²) < 4.78 is 6.87. The molecule has 9 rings (SSSR count). The molecule has 2 aromatic heterocycles. The van der Waals surface area contributed by atoms with Crippen molar-refractivity contribution in [1.82, 2.24) is 9.97 Å². The van der Waals surface area contributed by atoms with Crippen LogP contribution in [0.5, 0.6) is 11.5 Å². The molecule has 208 valence electrons. The van der Waals surface area contributed by atoms with Crippen molar-refractivity contribution in [2.24, 2.45) is 0 Å². The molecule has 3 heterocycles. The SMILES string of the molecule is CC1(C)c2ccccc2-c2cc3c(cc21)C=Cc1cccc(-c2cnc4c(c2)cc(-c2ccccc2)c2cccnc24)c1O3. The van der Waals surface area contributed by atoms with Crippen LogP contribution in [0.4, 0.5) is 0 Å². The fraction of sp³-hybridized carbons (Fsp3) is 0.0732. The first kappa shape index (κ1) is 25.0. The number of nitrogens with zero attached hydrogens (tertiary/aromatic N) is 2. The number of pyridine rings is 2. The van der Waals surface area contributed by atoms with Gasteiger partial charge < -0.3 is 4.74 Å². The molecule has 3 heteroatoms. The first-order valence-corrected chi connectivity index (χ1v) is 15.1. The second kappa shape index (κ2) is 9.23. The van der Waals surface area contributed by atoms with E-state index < -0.39 is 0 Å². The number of para-hydroxylation sites is 1. The number of rotatable bonds is 2. The highest BCUT2D eigenvalue weighted by molar-refractivity contribution is 6.10. The molecule has 44 heavy (non-hydrogen) atoms. The zero-order chi connectivity index (χ0) is 29.4. The first-order valence-electron chi connectivity index (χ1n) is 15.1. The summed E-state index contributed by atoms with van der Waals surface area (Å²) >= 11 is 0. The van der Waals surface area contributed by atoms with E-state index in [9.17, 15) is 0 Å². The molecule has 0 N–H and O–H groups in total. The normalized spacial score (nSPS) is 14.0. The quantitative estimate of drug-likeness (QED) is 0.196. The third-order valence-electron chi connectivity index (χ3n) is 9.35. The van der Waals surface area contributed by atoms with E-state index in [1.807, 2.05) is 24.5 Å². The van der Waals surface area contributed by atoms with Crippen LogP contribution in [0.2, 0.25) is 0 Å². The lowest BCUT2D eigenvalue weighted by atomic mass is 9.82. The van der Waals surface area contributed by atoms with Crippen molar-refractivity contribution in [3.05, 3.63) is 144 Å². The number of hydrogen-bond acceptors (Lipinski definition) is 3. The third kappa shape index (κ3) is 3.62. The van der Waals surface area contributed by atoms with E-state index in [1.165, 1.54) is 22.3 Å². The molecule has 0 radical (unpaired) electrons. The van der Waals surface area contributed by atoms with Crippen LogP contribution in [0.3, 0.4) is 0 Å². The van der Waals surface area contributed by atoms with Crippen LogP contribution < -0.4 is 4.74 Å². The molecule has 0 atom stereocenters. The largest absolute Gasteiger partial charge is 0.455 e. The fourth-order valence-corrected chi connectivity index (χ4v) is 7.12. The topological polar surface area (TPSA) is 35.0 Å². The van der Waals surface area contributed by atoms with E-state index in [0.717, 1.165) is 66.7 Å². The van der Waals surface area contributed by atoms with Gasteiger partial charge in [0.25, 0.3) is 0 Å². The van der Waals surface area contributed by atoms with Gasteiger partial charge in [-0.15, -0.1) is 0 Å². The minimum atomic E-state index is -0.0620. The molecule has 0 unspecified atom stereocenters. The predicted octanol–water partition coefficient (Wildman–Crippen LogP) is 10.7. The van der Waals surface area contributed by atoms with Gasteiger partial charge in [0.1, 0.15) is 11.5 Å². The molecule has 0 fully saturated rings. The van der Waals surface area contributed by atoms with Crippen LogP contribution in [0.1, 0.15) is 36.1 Å². The average molecular weight is 565 g/mol. The van der Waals surface area contributed by atoms with Crippen molar-refractivity contribution in [3.8, 4) is 44.9 Å². The first-order chi connectivity index (χ1) is 21.6. The predicted molar refractivity (Wildman–Crippen MR) is 181 cm³/mol. The fourth-order valence-electron chi connectivity index (χ4n) is 7.12. The molecule has 3 nitrogen and oxygen atoms in total. The summed E-state index contributed by atoms with van der Waals surface area (Å²) in [5.74, 6) is 1.71. The van der Waals surface area contributed by atoms with Crippen molar-refractivity contribution in [1.29, 1.82) is 0 Å². The summed E-state index contributed by atoms with van der Waals surface area (Å²) in [6.07, 6.45) is 8.16. The molecule has 1 aliphatic carbocycles. The van der Waals surface area contributed by atoms with Gasteiger partial charge >= 0.3 is 0 Å². The lowest BCUT2D eigenvalue weighted by Gasteiger charge is -2.22. The smallest absolute Gasteiger partial charge is 0.142 e. The molecule has 0 bridgehead atoms. The van der Waals surface area contributed by atoms with Crippen LogP contribution in [-0.4, -0.2) is 9.97 Å². The van der Waals surface area contributed by atoms with Crippen LogP contribution in [0.15, 0.2) is 122 Å². The van der Waals surface area contributed by atoms with E-state index in [1.54, 1.807) is 0 Å². The highest BCUT2D eigenvalue weighted by atomic mass is 16.5. The highest BCUT2D eigenvalue weighted by Gasteiger charge is 2.36. The van der Waals surface area contributed by atoms with Crippen molar-refractivity contribution in [2.45, 2.75) is 19.3 Å². The van der Waals surface area contributed by atoms with Gasteiger partial charge in [-0.05, 0) is 63.7 Å². The van der Waals surface area contributed by atoms with Gasteiger partial charge in [0, 0.05) is 50.8 Å². The summed E-state index contributed by atoms with van der Waals surface area (Å²) in [5.41, 5.74) is 13.4. The standard InChI is InChI=1S/C41H28N2O/c1-41(2)35-16-7-6-13-31(35)34-23-37-27(22-36(34)41)18-17-26-12-8-14-30(40(26)44-37)29-20-28-21-33(25-10-4-3-5-11-25)32-15-9-19-42-39(32)38(28)43-24-29/h3-24H,1-2H3. The second-order valence-electron chi connectivity index (χ2n) is 12.3. The Labute approximate surface area is 256 Å². The van der Waals surface area contributed by atoms with E-state index in [2.05, 4.69) is 123 Å². The van der Waals surface area contributed by atoms with Crippen molar-refractivity contribution >= 4 is 34.0 Å².